The second kappa shape index (κ2) is 6.62. The molecule has 0 saturated carbocycles. The minimum atomic E-state index is -0.386. The van der Waals surface area contributed by atoms with Gasteiger partial charge in [0.1, 0.15) is 0 Å². The van der Waals surface area contributed by atoms with Gasteiger partial charge in [-0.25, -0.2) is 0 Å². The molecule has 0 radical (unpaired) electrons. The molecule has 96 valence electrons. The van der Waals surface area contributed by atoms with Gasteiger partial charge >= 0.3 is 0 Å². The highest BCUT2D eigenvalue weighted by atomic mass is 16.3. The maximum atomic E-state index is 9.44. The Morgan fingerprint density at radius 1 is 1.06 bits per heavy atom. The van der Waals surface area contributed by atoms with Crippen LogP contribution in [0.15, 0.2) is 24.3 Å². The maximum absolute atomic E-state index is 9.44. The van der Waals surface area contributed by atoms with E-state index in [0.717, 1.165) is 25.1 Å². The molecule has 0 aromatic heterocycles. The van der Waals surface area contributed by atoms with Gasteiger partial charge in [-0.1, -0.05) is 12.1 Å². The fraction of sp³-hybridized carbons (Fsp3) is 0.571. The van der Waals surface area contributed by atoms with Gasteiger partial charge in [-0.3, -0.25) is 0 Å². The summed E-state index contributed by atoms with van der Waals surface area (Å²) in [5.41, 5.74) is 2.17. The molecule has 1 aromatic rings. The van der Waals surface area contributed by atoms with Crippen molar-refractivity contribution in [2.45, 2.75) is 19.4 Å². The number of benzene rings is 1. The van der Waals surface area contributed by atoms with Gasteiger partial charge in [-0.05, 0) is 51.7 Å². The Bertz CT molecular complexity index is 319. The SMILES string of the molecule is CC(O)c1ccc(N(C)CCCN(C)C)cc1. The first kappa shape index (κ1) is 14.0. The molecule has 0 bridgehead atoms. The molecule has 0 amide bonds. The van der Waals surface area contributed by atoms with Crippen LogP contribution in [-0.4, -0.2) is 44.2 Å². The van der Waals surface area contributed by atoms with Crippen molar-refractivity contribution in [3.63, 3.8) is 0 Å². The summed E-state index contributed by atoms with van der Waals surface area (Å²) in [5.74, 6) is 0. The molecule has 1 aromatic carbocycles. The lowest BCUT2D eigenvalue weighted by Crippen LogP contribution is -2.23. The third-order valence-corrected chi connectivity index (χ3v) is 2.92. The Morgan fingerprint density at radius 3 is 2.12 bits per heavy atom. The predicted molar refractivity (Wildman–Crippen MR) is 73.5 cm³/mol. The zero-order valence-corrected chi connectivity index (χ0v) is 11.3. The maximum Gasteiger partial charge on any atom is 0.0761 e. The molecular formula is C14H24N2O. The highest BCUT2D eigenvalue weighted by molar-refractivity contribution is 5.47. The monoisotopic (exact) mass is 236 g/mol. The van der Waals surface area contributed by atoms with Gasteiger partial charge in [0.25, 0.3) is 0 Å². The van der Waals surface area contributed by atoms with E-state index in [9.17, 15) is 5.11 Å². The van der Waals surface area contributed by atoms with Gasteiger partial charge < -0.3 is 14.9 Å². The lowest BCUT2D eigenvalue weighted by atomic mass is 10.1. The summed E-state index contributed by atoms with van der Waals surface area (Å²) in [6, 6.07) is 8.11. The smallest absolute Gasteiger partial charge is 0.0761 e. The van der Waals surface area contributed by atoms with Crippen molar-refractivity contribution in [2.75, 3.05) is 39.1 Å². The summed E-state index contributed by atoms with van der Waals surface area (Å²) in [6.45, 7) is 3.94. The van der Waals surface area contributed by atoms with E-state index in [1.807, 2.05) is 12.1 Å². The van der Waals surface area contributed by atoms with Crippen molar-refractivity contribution < 1.29 is 5.11 Å². The zero-order valence-electron chi connectivity index (χ0n) is 11.3. The van der Waals surface area contributed by atoms with Crippen LogP contribution >= 0.6 is 0 Å². The molecule has 0 fully saturated rings. The first-order valence-corrected chi connectivity index (χ1v) is 6.14. The second-order valence-electron chi connectivity index (χ2n) is 4.85. The van der Waals surface area contributed by atoms with Crippen LogP contribution in [0.1, 0.15) is 25.0 Å². The summed E-state index contributed by atoms with van der Waals surface area (Å²) in [5, 5.41) is 9.44. The van der Waals surface area contributed by atoms with Gasteiger partial charge in [0.2, 0.25) is 0 Å². The molecule has 0 aliphatic rings. The van der Waals surface area contributed by atoms with Gasteiger partial charge in [0, 0.05) is 19.3 Å². The number of aliphatic hydroxyl groups is 1. The largest absolute Gasteiger partial charge is 0.389 e. The third-order valence-electron chi connectivity index (χ3n) is 2.92. The van der Waals surface area contributed by atoms with Crippen molar-refractivity contribution in [2.24, 2.45) is 0 Å². The van der Waals surface area contributed by atoms with Crippen LogP contribution in [0, 0.1) is 0 Å². The molecule has 0 spiro atoms. The average Bonchev–Trinajstić information content (AvgIpc) is 2.28. The summed E-state index contributed by atoms with van der Waals surface area (Å²) in [7, 11) is 6.29. The normalized spacial score (nSPS) is 12.8. The van der Waals surface area contributed by atoms with Crippen molar-refractivity contribution in [1.29, 1.82) is 0 Å². The predicted octanol–water partition coefficient (Wildman–Crippen LogP) is 2.13. The Hall–Kier alpha value is -1.06. The number of rotatable bonds is 6. The van der Waals surface area contributed by atoms with Gasteiger partial charge in [0.05, 0.1) is 6.10 Å². The highest BCUT2D eigenvalue weighted by Gasteiger charge is 2.03. The van der Waals surface area contributed by atoms with Crippen LogP contribution in [-0.2, 0) is 0 Å². The quantitative estimate of drug-likeness (QED) is 0.819. The fourth-order valence-electron chi connectivity index (χ4n) is 1.76. The third kappa shape index (κ3) is 4.75. The van der Waals surface area contributed by atoms with E-state index in [1.165, 1.54) is 5.69 Å². The molecule has 0 heterocycles. The van der Waals surface area contributed by atoms with E-state index < -0.39 is 0 Å². The Balaban J connectivity index is 2.48. The fourth-order valence-corrected chi connectivity index (χ4v) is 1.76. The molecular weight excluding hydrogens is 212 g/mol. The molecule has 0 aliphatic carbocycles. The number of hydrogen-bond donors (Lipinski definition) is 1. The van der Waals surface area contributed by atoms with Crippen molar-refractivity contribution in [3.05, 3.63) is 29.8 Å². The number of aliphatic hydroxyl groups excluding tert-OH is 1. The molecule has 0 saturated heterocycles. The van der Waals surface area contributed by atoms with Crippen LogP contribution in [0.5, 0.6) is 0 Å². The molecule has 1 unspecified atom stereocenters. The Labute approximate surface area is 105 Å². The Morgan fingerprint density at radius 2 is 1.65 bits per heavy atom. The van der Waals surface area contributed by atoms with Crippen LogP contribution in [0.25, 0.3) is 0 Å². The van der Waals surface area contributed by atoms with Gasteiger partial charge in [-0.2, -0.15) is 0 Å². The van der Waals surface area contributed by atoms with E-state index in [1.54, 1.807) is 6.92 Å². The first-order valence-electron chi connectivity index (χ1n) is 6.14. The van der Waals surface area contributed by atoms with Crippen LogP contribution < -0.4 is 4.90 Å². The first-order chi connectivity index (χ1) is 8.00. The van der Waals surface area contributed by atoms with Crippen molar-refractivity contribution in [3.8, 4) is 0 Å². The van der Waals surface area contributed by atoms with Gasteiger partial charge in [0.15, 0.2) is 0 Å². The number of nitrogens with zero attached hydrogens (tertiary/aromatic N) is 2. The van der Waals surface area contributed by atoms with Crippen LogP contribution in [0.4, 0.5) is 5.69 Å². The summed E-state index contributed by atoms with van der Waals surface area (Å²) >= 11 is 0. The summed E-state index contributed by atoms with van der Waals surface area (Å²) in [4.78, 5) is 4.44. The molecule has 17 heavy (non-hydrogen) atoms. The van der Waals surface area contributed by atoms with E-state index >= 15 is 0 Å². The summed E-state index contributed by atoms with van der Waals surface area (Å²) < 4.78 is 0. The molecule has 1 N–H and O–H groups in total. The van der Waals surface area contributed by atoms with Gasteiger partial charge in [-0.15, -0.1) is 0 Å². The molecule has 1 rings (SSSR count). The molecule has 1 atom stereocenters. The molecule has 3 nitrogen and oxygen atoms in total. The second-order valence-corrected chi connectivity index (χ2v) is 4.85. The van der Waals surface area contributed by atoms with E-state index in [2.05, 4.69) is 43.1 Å². The lowest BCUT2D eigenvalue weighted by molar-refractivity contribution is 0.199. The van der Waals surface area contributed by atoms with E-state index in [-0.39, 0.29) is 6.10 Å². The van der Waals surface area contributed by atoms with E-state index in [0.29, 0.717) is 0 Å². The van der Waals surface area contributed by atoms with Crippen LogP contribution in [0.3, 0.4) is 0 Å². The van der Waals surface area contributed by atoms with Crippen molar-refractivity contribution in [1.82, 2.24) is 4.90 Å². The topological polar surface area (TPSA) is 26.7 Å². The summed E-state index contributed by atoms with van der Waals surface area (Å²) in [6.07, 6.45) is 0.768. The zero-order chi connectivity index (χ0) is 12.8. The minimum Gasteiger partial charge on any atom is -0.389 e. The lowest BCUT2D eigenvalue weighted by Gasteiger charge is -2.21. The Kier molecular flexibility index (Phi) is 5.45. The number of hydrogen-bond acceptors (Lipinski definition) is 3. The van der Waals surface area contributed by atoms with Crippen LogP contribution in [0.2, 0.25) is 0 Å². The highest BCUT2D eigenvalue weighted by Crippen LogP contribution is 2.18. The molecule has 0 aliphatic heterocycles. The van der Waals surface area contributed by atoms with Crippen molar-refractivity contribution >= 4 is 5.69 Å². The van der Waals surface area contributed by atoms with E-state index in [4.69, 9.17) is 0 Å². The molecule has 3 heteroatoms. The minimum absolute atomic E-state index is 0.386. The average molecular weight is 236 g/mol. The standard InChI is InChI=1S/C14H24N2O/c1-12(17)13-6-8-14(9-7-13)16(4)11-5-10-15(2)3/h6-9,12,17H,5,10-11H2,1-4H3. The number of anilines is 1.